The van der Waals surface area contributed by atoms with Crippen LogP contribution in [0.3, 0.4) is 0 Å². The molecule has 0 aliphatic carbocycles. The van der Waals surface area contributed by atoms with E-state index in [4.69, 9.17) is 20.0 Å². The summed E-state index contributed by atoms with van der Waals surface area (Å²) in [7, 11) is 0. The summed E-state index contributed by atoms with van der Waals surface area (Å²) in [6, 6.07) is 11.2. The number of allylic oxidation sites excluding steroid dienone is 1. The molecule has 1 aromatic carbocycles. The van der Waals surface area contributed by atoms with E-state index in [9.17, 15) is 0 Å². The normalized spacial score (nSPS) is 12.3. The monoisotopic (exact) mass is 410 g/mol. The zero-order chi connectivity index (χ0) is 21.8. The Morgan fingerprint density at radius 1 is 1.13 bits per heavy atom. The highest BCUT2D eigenvalue weighted by Gasteiger charge is 2.23. The molecule has 0 bridgehead atoms. The maximum Gasteiger partial charge on any atom is 0.230 e. The van der Waals surface area contributed by atoms with Crippen LogP contribution in [0.2, 0.25) is 0 Å². The van der Waals surface area contributed by atoms with E-state index in [2.05, 4.69) is 20.3 Å². The average molecular weight is 410 g/mol. The molecule has 0 fully saturated rings. The van der Waals surface area contributed by atoms with E-state index >= 15 is 0 Å². The summed E-state index contributed by atoms with van der Waals surface area (Å²) in [5.41, 5.74) is 5.34. The van der Waals surface area contributed by atoms with Crippen molar-refractivity contribution in [3.8, 4) is 23.8 Å². The van der Waals surface area contributed by atoms with Crippen molar-refractivity contribution in [2.24, 2.45) is 0 Å². The Kier molecular flexibility index (Phi) is 5.57. The highest BCUT2D eigenvalue weighted by molar-refractivity contribution is 5.59. The number of fused-ring (bicyclic) bond motifs is 1. The van der Waals surface area contributed by atoms with Gasteiger partial charge in [0.1, 0.15) is 17.5 Å². The van der Waals surface area contributed by atoms with E-state index in [0.29, 0.717) is 42.2 Å². The number of pyridine rings is 1. The lowest BCUT2D eigenvalue weighted by Gasteiger charge is -2.15. The van der Waals surface area contributed by atoms with Crippen molar-refractivity contribution in [3.05, 3.63) is 70.2 Å². The second kappa shape index (κ2) is 8.62. The van der Waals surface area contributed by atoms with E-state index in [0.717, 1.165) is 27.9 Å². The van der Waals surface area contributed by atoms with Crippen molar-refractivity contribution in [1.29, 1.82) is 10.5 Å². The fourth-order valence-corrected chi connectivity index (χ4v) is 3.30. The third kappa shape index (κ3) is 4.35. The second-order valence-corrected chi connectivity index (χ2v) is 6.99. The fraction of sp³-hybridized carbons (Fsp3) is 0.174. The van der Waals surface area contributed by atoms with Gasteiger partial charge in [0.25, 0.3) is 0 Å². The summed E-state index contributed by atoms with van der Waals surface area (Å²) in [4.78, 5) is 13.1. The molecule has 152 valence electrons. The van der Waals surface area contributed by atoms with E-state index in [1.807, 2.05) is 38.1 Å². The molecule has 3 aromatic rings. The maximum atomic E-state index is 8.90. The number of nitriles is 2. The summed E-state index contributed by atoms with van der Waals surface area (Å²) in [6.07, 6.45) is 4.75. The minimum absolute atomic E-state index is 0.330. The fourth-order valence-electron chi connectivity index (χ4n) is 3.30. The molecule has 0 spiro atoms. The molecule has 31 heavy (non-hydrogen) atoms. The van der Waals surface area contributed by atoms with Crippen LogP contribution in [0.1, 0.15) is 33.6 Å². The quantitative estimate of drug-likeness (QED) is 0.613. The van der Waals surface area contributed by atoms with Crippen LogP contribution in [0.5, 0.6) is 11.6 Å². The first-order valence-electron chi connectivity index (χ1n) is 9.53. The predicted octanol–water partition coefficient (Wildman–Crippen LogP) is 4.46. The van der Waals surface area contributed by atoms with Crippen molar-refractivity contribution < 1.29 is 9.47 Å². The number of benzene rings is 1. The average Bonchev–Trinajstić information content (AvgIpc) is 3.24. The molecule has 2 aromatic heterocycles. The molecule has 4 rings (SSSR count). The van der Waals surface area contributed by atoms with Crippen LogP contribution < -0.4 is 10.1 Å². The van der Waals surface area contributed by atoms with Gasteiger partial charge in [0.2, 0.25) is 11.8 Å². The summed E-state index contributed by atoms with van der Waals surface area (Å²) in [5, 5.41) is 20.8. The topological polar surface area (TPSA) is 117 Å². The molecule has 0 amide bonds. The van der Waals surface area contributed by atoms with Gasteiger partial charge < -0.3 is 14.8 Å². The largest absolute Gasteiger partial charge is 0.438 e. The molecule has 0 unspecified atom stereocenters. The third-order valence-corrected chi connectivity index (χ3v) is 4.71. The van der Waals surface area contributed by atoms with Gasteiger partial charge in [0.05, 0.1) is 42.4 Å². The third-order valence-electron chi connectivity index (χ3n) is 4.71. The number of ether oxygens (including phenoxy) is 2. The van der Waals surface area contributed by atoms with Gasteiger partial charge in [-0.1, -0.05) is 0 Å². The SMILES string of the molecule is Cc1cc(/C=C/C#N)cc(C)c1Oc1nc(Nc2ccc(C#N)nc2)nc2c1COC2. The van der Waals surface area contributed by atoms with Crippen LogP contribution >= 0.6 is 0 Å². The Balaban J connectivity index is 1.66. The van der Waals surface area contributed by atoms with Crippen LogP contribution in [-0.2, 0) is 18.0 Å². The molecule has 0 saturated carbocycles. The van der Waals surface area contributed by atoms with E-state index < -0.39 is 0 Å². The highest BCUT2D eigenvalue weighted by atomic mass is 16.5. The van der Waals surface area contributed by atoms with Gasteiger partial charge >= 0.3 is 0 Å². The van der Waals surface area contributed by atoms with Gasteiger partial charge in [-0.15, -0.1) is 0 Å². The molecular formula is C23H18N6O2. The van der Waals surface area contributed by atoms with Crippen LogP contribution in [0.4, 0.5) is 11.6 Å². The molecule has 0 radical (unpaired) electrons. The van der Waals surface area contributed by atoms with Gasteiger partial charge in [-0.25, -0.2) is 9.97 Å². The van der Waals surface area contributed by atoms with E-state index in [1.165, 1.54) is 6.08 Å². The predicted molar refractivity (Wildman–Crippen MR) is 113 cm³/mol. The smallest absolute Gasteiger partial charge is 0.230 e. The van der Waals surface area contributed by atoms with Gasteiger partial charge in [-0.2, -0.15) is 15.5 Å². The molecular weight excluding hydrogens is 392 g/mol. The van der Waals surface area contributed by atoms with Gasteiger partial charge in [-0.05, 0) is 60.9 Å². The molecule has 0 saturated heterocycles. The van der Waals surface area contributed by atoms with Crippen LogP contribution in [0, 0.1) is 36.5 Å². The molecule has 1 aliphatic heterocycles. The lowest BCUT2D eigenvalue weighted by Crippen LogP contribution is -2.05. The Bertz CT molecular complexity index is 1230. The maximum absolute atomic E-state index is 8.90. The zero-order valence-electron chi connectivity index (χ0n) is 17.0. The van der Waals surface area contributed by atoms with Crippen molar-refractivity contribution in [3.63, 3.8) is 0 Å². The van der Waals surface area contributed by atoms with Crippen molar-refractivity contribution in [2.45, 2.75) is 27.1 Å². The zero-order valence-corrected chi connectivity index (χ0v) is 17.0. The number of anilines is 2. The van der Waals surface area contributed by atoms with Gasteiger partial charge in [-0.3, -0.25) is 0 Å². The molecule has 1 aliphatic rings. The van der Waals surface area contributed by atoms with Crippen molar-refractivity contribution >= 4 is 17.7 Å². The van der Waals surface area contributed by atoms with Gasteiger partial charge in [0.15, 0.2) is 0 Å². The van der Waals surface area contributed by atoms with Crippen LogP contribution in [-0.4, -0.2) is 15.0 Å². The first kappa shape index (κ1) is 20.0. The first-order valence-corrected chi connectivity index (χ1v) is 9.53. The summed E-state index contributed by atoms with van der Waals surface area (Å²) < 4.78 is 11.8. The lowest BCUT2D eigenvalue weighted by atomic mass is 10.1. The van der Waals surface area contributed by atoms with E-state index in [1.54, 1.807) is 24.4 Å². The summed E-state index contributed by atoms with van der Waals surface area (Å²) in [5.74, 6) is 1.49. The minimum Gasteiger partial charge on any atom is -0.438 e. The Morgan fingerprint density at radius 2 is 1.94 bits per heavy atom. The summed E-state index contributed by atoms with van der Waals surface area (Å²) >= 11 is 0. The number of nitrogens with one attached hydrogen (secondary N) is 1. The second-order valence-electron chi connectivity index (χ2n) is 6.99. The number of rotatable bonds is 5. The molecule has 0 atom stereocenters. The lowest BCUT2D eigenvalue weighted by molar-refractivity contribution is 0.132. The summed E-state index contributed by atoms with van der Waals surface area (Å²) in [6.45, 7) is 4.66. The van der Waals surface area contributed by atoms with Crippen molar-refractivity contribution in [1.82, 2.24) is 15.0 Å². The minimum atomic E-state index is 0.330. The van der Waals surface area contributed by atoms with Gasteiger partial charge in [0, 0.05) is 6.08 Å². The Morgan fingerprint density at radius 3 is 2.61 bits per heavy atom. The molecule has 3 heterocycles. The number of aryl methyl sites for hydroxylation is 2. The van der Waals surface area contributed by atoms with Crippen LogP contribution in [0.15, 0.2) is 36.5 Å². The molecule has 1 N–H and O–H groups in total. The number of aromatic nitrogens is 3. The molecule has 8 nitrogen and oxygen atoms in total. The Labute approximate surface area is 179 Å². The highest BCUT2D eigenvalue weighted by Crippen LogP contribution is 2.35. The standard InChI is InChI=1S/C23H18N6O2/c1-14-8-16(4-3-7-24)9-15(2)21(14)31-22-19-12-30-13-20(19)28-23(29-22)27-18-6-5-17(10-25)26-11-18/h3-6,8-9,11H,12-13H2,1-2H3,(H,27,28,29)/b4-3+. The number of hydrogen-bond donors (Lipinski definition) is 1. The molecule has 8 heteroatoms. The van der Waals surface area contributed by atoms with Crippen LogP contribution in [0.25, 0.3) is 6.08 Å². The Hall–Kier alpha value is -4.27. The number of hydrogen-bond acceptors (Lipinski definition) is 8. The van der Waals surface area contributed by atoms with E-state index in [-0.39, 0.29) is 0 Å². The number of nitrogens with zero attached hydrogens (tertiary/aromatic N) is 5. The van der Waals surface area contributed by atoms with Crippen molar-refractivity contribution in [2.75, 3.05) is 5.32 Å². The first-order chi connectivity index (χ1) is 15.1.